The predicted octanol–water partition coefficient (Wildman–Crippen LogP) is 2.33. The number of thioether (sulfide) groups is 1. The van der Waals surface area contributed by atoms with Crippen molar-refractivity contribution in [3.8, 4) is 0 Å². The molecule has 7 nitrogen and oxygen atoms in total. The molecule has 9 heteroatoms. The van der Waals surface area contributed by atoms with Gasteiger partial charge in [0.05, 0.1) is 17.8 Å². The SMILES string of the molecule is CS(=O)(=O)NC1CCCN(CC(=O)Nc2cccc(CSc3ccccn3)c2)C1. The smallest absolute Gasteiger partial charge is 0.238 e. The number of benzene rings is 1. The maximum absolute atomic E-state index is 12.5. The largest absolute Gasteiger partial charge is 0.325 e. The van der Waals surface area contributed by atoms with E-state index in [4.69, 9.17) is 0 Å². The minimum absolute atomic E-state index is 0.0977. The van der Waals surface area contributed by atoms with Gasteiger partial charge in [0.1, 0.15) is 0 Å². The molecule has 1 aliphatic heterocycles. The van der Waals surface area contributed by atoms with Crippen molar-refractivity contribution < 1.29 is 13.2 Å². The Balaban J connectivity index is 1.50. The second-order valence-electron chi connectivity index (χ2n) is 7.17. The second kappa shape index (κ2) is 10.2. The molecule has 0 spiro atoms. The van der Waals surface area contributed by atoms with E-state index in [2.05, 4.69) is 15.0 Å². The normalized spacial score (nSPS) is 17.8. The van der Waals surface area contributed by atoms with Crippen LogP contribution in [0.3, 0.4) is 0 Å². The maximum Gasteiger partial charge on any atom is 0.238 e. The Morgan fingerprint density at radius 1 is 1.28 bits per heavy atom. The molecule has 2 N–H and O–H groups in total. The average molecular weight is 435 g/mol. The van der Waals surface area contributed by atoms with Crippen LogP contribution in [-0.4, -0.2) is 56.1 Å². The van der Waals surface area contributed by atoms with E-state index in [-0.39, 0.29) is 18.5 Å². The van der Waals surface area contributed by atoms with Crippen LogP contribution in [0.4, 0.5) is 5.69 Å². The van der Waals surface area contributed by atoms with Crippen molar-refractivity contribution in [2.24, 2.45) is 0 Å². The zero-order valence-corrected chi connectivity index (χ0v) is 18.0. The maximum atomic E-state index is 12.5. The summed E-state index contributed by atoms with van der Waals surface area (Å²) in [4.78, 5) is 18.7. The molecule has 1 aromatic carbocycles. The molecule has 0 aliphatic carbocycles. The van der Waals surface area contributed by atoms with Crippen molar-refractivity contribution in [1.29, 1.82) is 0 Å². The van der Waals surface area contributed by atoms with Crippen LogP contribution in [0.25, 0.3) is 0 Å². The Bertz CT molecular complexity index is 922. The molecule has 156 valence electrons. The molecule has 2 aromatic rings. The molecule has 0 saturated carbocycles. The first-order valence-electron chi connectivity index (χ1n) is 9.50. The van der Waals surface area contributed by atoms with E-state index in [1.54, 1.807) is 18.0 Å². The molecule has 0 bridgehead atoms. The fourth-order valence-electron chi connectivity index (χ4n) is 3.33. The first kappa shape index (κ1) is 21.8. The van der Waals surface area contributed by atoms with Gasteiger partial charge in [-0.2, -0.15) is 0 Å². The molecule has 1 atom stereocenters. The van der Waals surface area contributed by atoms with Crippen LogP contribution in [0, 0.1) is 0 Å². The number of hydrogen-bond acceptors (Lipinski definition) is 6. The molecule has 3 rings (SSSR count). The quantitative estimate of drug-likeness (QED) is 0.620. The van der Waals surface area contributed by atoms with Crippen LogP contribution in [-0.2, 0) is 20.6 Å². The van der Waals surface area contributed by atoms with Gasteiger partial charge in [0.25, 0.3) is 0 Å². The number of anilines is 1. The highest BCUT2D eigenvalue weighted by atomic mass is 32.2. The summed E-state index contributed by atoms with van der Waals surface area (Å²) in [6.07, 6.45) is 4.59. The first-order valence-corrected chi connectivity index (χ1v) is 12.4. The lowest BCUT2D eigenvalue weighted by Crippen LogP contribution is -2.49. The number of aromatic nitrogens is 1. The van der Waals surface area contributed by atoms with E-state index in [0.717, 1.165) is 47.7 Å². The van der Waals surface area contributed by atoms with Crippen molar-refractivity contribution in [3.05, 3.63) is 54.2 Å². The second-order valence-corrected chi connectivity index (χ2v) is 9.95. The Kier molecular flexibility index (Phi) is 7.65. The molecule has 1 unspecified atom stereocenters. The van der Waals surface area contributed by atoms with Crippen LogP contribution in [0.1, 0.15) is 18.4 Å². The molecule has 1 aliphatic rings. The van der Waals surface area contributed by atoms with Crippen molar-refractivity contribution in [2.75, 3.05) is 31.2 Å². The number of hydrogen-bond donors (Lipinski definition) is 2. The summed E-state index contributed by atoms with van der Waals surface area (Å²) in [5.74, 6) is 0.672. The molecule has 2 heterocycles. The minimum atomic E-state index is -3.24. The van der Waals surface area contributed by atoms with Gasteiger partial charge in [-0.05, 0) is 49.2 Å². The van der Waals surface area contributed by atoms with E-state index >= 15 is 0 Å². The van der Waals surface area contributed by atoms with Gasteiger partial charge in [-0.3, -0.25) is 9.69 Å². The molecule has 1 saturated heterocycles. The summed E-state index contributed by atoms with van der Waals surface area (Å²) in [5.41, 5.74) is 1.87. The number of pyridine rings is 1. The lowest BCUT2D eigenvalue weighted by atomic mass is 10.1. The third kappa shape index (κ3) is 7.77. The fourth-order valence-corrected chi connectivity index (χ4v) is 4.93. The molecular weight excluding hydrogens is 408 g/mol. The highest BCUT2D eigenvalue weighted by Crippen LogP contribution is 2.22. The molecule has 1 amide bonds. The summed E-state index contributed by atoms with van der Waals surface area (Å²) >= 11 is 1.65. The number of carbonyl (C=O) groups excluding carboxylic acids is 1. The summed E-state index contributed by atoms with van der Waals surface area (Å²) < 4.78 is 25.5. The van der Waals surface area contributed by atoms with E-state index in [0.29, 0.717) is 6.54 Å². The zero-order valence-electron chi connectivity index (χ0n) is 16.4. The molecule has 29 heavy (non-hydrogen) atoms. The number of piperidine rings is 1. The topological polar surface area (TPSA) is 91.4 Å². The Hall–Kier alpha value is -1.94. The average Bonchev–Trinajstić information content (AvgIpc) is 2.66. The van der Waals surface area contributed by atoms with Gasteiger partial charge >= 0.3 is 0 Å². The number of nitrogens with one attached hydrogen (secondary N) is 2. The summed E-state index contributed by atoms with van der Waals surface area (Å²) in [7, 11) is -3.24. The predicted molar refractivity (Wildman–Crippen MR) is 116 cm³/mol. The van der Waals surface area contributed by atoms with E-state index in [9.17, 15) is 13.2 Å². The van der Waals surface area contributed by atoms with E-state index < -0.39 is 10.0 Å². The van der Waals surface area contributed by atoms with Crippen molar-refractivity contribution in [3.63, 3.8) is 0 Å². The highest BCUT2D eigenvalue weighted by Gasteiger charge is 2.23. The van der Waals surface area contributed by atoms with Crippen molar-refractivity contribution in [1.82, 2.24) is 14.6 Å². The van der Waals surface area contributed by atoms with E-state index in [1.807, 2.05) is 47.4 Å². The minimum Gasteiger partial charge on any atom is -0.325 e. The third-order valence-corrected chi connectivity index (χ3v) is 6.27. The Labute approximate surface area is 176 Å². The summed E-state index contributed by atoms with van der Waals surface area (Å²) in [5, 5.41) is 3.91. The number of amides is 1. The van der Waals surface area contributed by atoms with Gasteiger partial charge in [-0.25, -0.2) is 18.1 Å². The number of nitrogens with zero attached hydrogens (tertiary/aromatic N) is 2. The monoisotopic (exact) mass is 434 g/mol. The van der Waals surface area contributed by atoms with Crippen LogP contribution >= 0.6 is 11.8 Å². The summed E-state index contributed by atoms with van der Waals surface area (Å²) in [6, 6.07) is 13.5. The van der Waals surface area contributed by atoms with Crippen LogP contribution in [0.2, 0.25) is 0 Å². The Morgan fingerprint density at radius 2 is 2.14 bits per heavy atom. The van der Waals surface area contributed by atoms with Crippen LogP contribution in [0.15, 0.2) is 53.7 Å². The standard InChI is InChI=1S/C20H26N4O3S2/c1-29(26,27)23-18-8-5-11-24(13-18)14-19(25)22-17-7-4-6-16(12-17)15-28-20-9-2-3-10-21-20/h2-4,6-7,9-10,12,18,23H,5,8,11,13-15H2,1H3,(H,22,25). The lowest BCUT2D eigenvalue weighted by molar-refractivity contribution is -0.117. The number of carbonyl (C=O) groups is 1. The first-order chi connectivity index (χ1) is 13.9. The number of rotatable bonds is 8. The Morgan fingerprint density at radius 3 is 2.90 bits per heavy atom. The van der Waals surface area contributed by atoms with Gasteiger partial charge in [0, 0.05) is 30.2 Å². The van der Waals surface area contributed by atoms with Crippen molar-refractivity contribution >= 4 is 33.4 Å². The van der Waals surface area contributed by atoms with Gasteiger partial charge in [0.2, 0.25) is 15.9 Å². The van der Waals surface area contributed by atoms with Crippen LogP contribution in [0.5, 0.6) is 0 Å². The number of sulfonamides is 1. The van der Waals surface area contributed by atoms with Crippen LogP contribution < -0.4 is 10.0 Å². The van der Waals surface area contributed by atoms with Gasteiger partial charge < -0.3 is 5.32 Å². The van der Waals surface area contributed by atoms with Crippen molar-refractivity contribution in [2.45, 2.75) is 29.7 Å². The van der Waals surface area contributed by atoms with Gasteiger partial charge in [0.15, 0.2) is 0 Å². The molecule has 1 fully saturated rings. The fraction of sp³-hybridized carbons (Fsp3) is 0.400. The highest BCUT2D eigenvalue weighted by molar-refractivity contribution is 7.98. The third-order valence-electron chi connectivity index (χ3n) is 4.49. The molecule has 0 radical (unpaired) electrons. The molecule has 1 aromatic heterocycles. The lowest BCUT2D eigenvalue weighted by Gasteiger charge is -2.32. The van der Waals surface area contributed by atoms with E-state index in [1.165, 1.54) is 0 Å². The van der Waals surface area contributed by atoms with Gasteiger partial charge in [-0.15, -0.1) is 11.8 Å². The zero-order chi connectivity index (χ0) is 20.7. The molecular formula is C20H26N4O3S2. The summed E-state index contributed by atoms with van der Waals surface area (Å²) in [6.45, 7) is 1.58. The van der Waals surface area contributed by atoms with Gasteiger partial charge in [-0.1, -0.05) is 18.2 Å². The number of likely N-dealkylation sites (tertiary alicyclic amines) is 1.